The third kappa shape index (κ3) is 3.52. The van der Waals surface area contributed by atoms with Gasteiger partial charge in [0.05, 0.1) is 10.4 Å². The number of aromatic amines is 1. The number of benzene rings is 1. The molecule has 0 aliphatic heterocycles. The molecule has 0 aliphatic rings. The van der Waals surface area contributed by atoms with Gasteiger partial charge in [-0.1, -0.05) is 11.8 Å². The maximum atomic E-state index is 5.68. The average Bonchev–Trinajstić information content (AvgIpc) is 3.18. The summed E-state index contributed by atoms with van der Waals surface area (Å²) >= 11 is 5.30. The summed E-state index contributed by atoms with van der Waals surface area (Å²) < 4.78 is 1.27. The topological polar surface area (TPSA) is 54.7 Å². The molecule has 0 aliphatic carbocycles. The summed E-state index contributed by atoms with van der Waals surface area (Å²) in [7, 11) is 0. The van der Waals surface area contributed by atoms with Crippen LogP contribution in [-0.2, 0) is 6.54 Å². The van der Waals surface area contributed by atoms with Crippen LogP contribution in [0, 0.1) is 0 Å². The molecule has 0 saturated carbocycles. The van der Waals surface area contributed by atoms with Crippen molar-refractivity contribution >= 4 is 34.9 Å². The Labute approximate surface area is 136 Å². The lowest BCUT2D eigenvalue weighted by Crippen LogP contribution is -1.90. The predicted octanol–water partition coefficient (Wildman–Crippen LogP) is 4.47. The van der Waals surface area contributed by atoms with Crippen LogP contribution in [0.3, 0.4) is 0 Å². The second-order valence-corrected chi connectivity index (χ2v) is 7.83. The Hall–Kier alpha value is -1.21. The highest BCUT2D eigenvalue weighted by Crippen LogP contribution is 2.37. The van der Waals surface area contributed by atoms with E-state index in [0.717, 1.165) is 5.56 Å². The van der Waals surface area contributed by atoms with Crippen molar-refractivity contribution in [1.29, 1.82) is 0 Å². The van der Waals surface area contributed by atoms with Gasteiger partial charge >= 0.3 is 0 Å². The van der Waals surface area contributed by atoms with Gasteiger partial charge in [0.2, 0.25) is 0 Å². The molecule has 0 unspecified atom stereocenters. The van der Waals surface area contributed by atoms with Gasteiger partial charge in [-0.3, -0.25) is 5.10 Å². The SMILES string of the molecule is CSc1cc(Sc2ccc(CN)s2)cc(-c2cn[nH]c2)c1. The van der Waals surface area contributed by atoms with Crippen molar-refractivity contribution in [3.05, 3.63) is 47.6 Å². The van der Waals surface area contributed by atoms with E-state index in [4.69, 9.17) is 5.73 Å². The molecule has 3 rings (SSSR count). The minimum absolute atomic E-state index is 0.607. The number of nitrogens with one attached hydrogen (secondary N) is 1. The van der Waals surface area contributed by atoms with Crippen molar-refractivity contribution in [2.45, 2.75) is 20.5 Å². The molecule has 3 aromatic rings. The number of hydrogen-bond donors (Lipinski definition) is 2. The highest BCUT2D eigenvalue weighted by molar-refractivity contribution is 8.01. The summed E-state index contributed by atoms with van der Waals surface area (Å²) in [6.45, 7) is 0.607. The van der Waals surface area contributed by atoms with Crippen LogP contribution in [0.4, 0.5) is 0 Å². The molecule has 3 nitrogen and oxygen atoms in total. The number of thiophene rings is 1. The van der Waals surface area contributed by atoms with Crippen molar-refractivity contribution in [3.63, 3.8) is 0 Å². The molecule has 108 valence electrons. The normalized spacial score (nSPS) is 11.0. The Morgan fingerprint density at radius 3 is 2.71 bits per heavy atom. The molecule has 3 N–H and O–H groups in total. The van der Waals surface area contributed by atoms with Gasteiger partial charge in [0.15, 0.2) is 0 Å². The first-order valence-corrected chi connectivity index (χ1v) is 9.29. The van der Waals surface area contributed by atoms with Gasteiger partial charge in [-0.05, 0) is 42.2 Å². The van der Waals surface area contributed by atoms with Gasteiger partial charge in [-0.15, -0.1) is 23.1 Å². The van der Waals surface area contributed by atoms with E-state index in [2.05, 4.69) is 46.8 Å². The first-order chi connectivity index (χ1) is 10.3. The number of nitrogens with two attached hydrogens (primary N) is 1. The quantitative estimate of drug-likeness (QED) is 0.676. The largest absolute Gasteiger partial charge is 0.326 e. The maximum absolute atomic E-state index is 5.68. The van der Waals surface area contributed by atoms with Crippen LogP contribution < -0.4 is 5.73 Å². The van der Waals surface area contributed by atoms with Gasteiger partial charge in [-0.25, -0.2) is 0 Å². The third-order valence-electron chi connectivity index (χ3n) is 3.00. The fraction of sp³-hybridized carbons (Fsp3) is 0.133. The Balaban J connectivity index is 1.92. The van der Waals surface area contributed by atoms with E-state index in [1.807, 2.05) is 12.4 Å². The van der Waals surface area contributed by atoms with Crippen molar-refractivity contribution in [1.82, 2.24) is 10.2 Å². The van der Waals surface area contributed by atoms with Crippen LogP contribution in [0.1, 0.15) is 4.88 Å². The van der Waals surface area contributed by atoms with Gasteiger partial charge in [0, 0.05) is 33.0 Å². The molecular weight excluding hydrogens is 318 g/mol. The molecular formula is C15H15N3S3. The van der Waals surface area contributed by atoms with Gasteiger partial charge in [0.25, 0.3) is 0 Å². The molecule has 0 bridgehead atoms. The lowest BCUT2D eigenvalue weighted by atomic mass is 10.1. The molecule has 0 fully saturated rings. The first kappa shape index (κ1) is 14.7. The van der Waals surface area contributed by atoms with Crippen molar-refractivity contribution in [2.75, 3.05) is 6.26 Å². The fourth-order valence-electron chi connectivity index (χ4n) is 1.96. The van der Waals surface area contributed by atoms with E-state index in [0.29, 0.717) is 6.54 Å². The van der Waals surface area contributed by atoms with E-state index in [1.165, 1.54) is 24.4 Å². The zero-order chi connectivity index (χ0) is 14.7. The summed E-state index contributed by atoms with van der Waals surface area (Å²) in [6.07, 6.45) is 5.87. The molecule has 0 spiro atoms. The molecule has 0 amide bonds. The van der Waals surface area contributed by atoms with E-state index in [-0.39, 0.29) is 0 Å². The average molecular weight is 334 g/mol. The molecule has 21 heavy (non-hydrogen) atoms. The highest BCUT2D eigenvalue weighted by atomic mass is 32.2. The first-order valence-electron chi connectivity index (χ1n) is 6.43. The number of H-pyrrole nitrogens is 1. The van der Waals surface area contributed by atoms with Gasteiger partial charge in [0.1, 0.15) is 0 Å². The Bertz CT molecular complexity index is 720. The summed E-state index contributed by atoms with van der Waals surface area (Å²) in [5.41, 5.74) is 7.98. The molecule has 0 atom stereocenters. The van der Waals surface area contributed by atoms with Crippen LogP contribution in [0.25, 0.3) is 11.1 Å². The monoisotopic (exact) mass is 333 g/mol. The van der Waals surface area contributed by atoms with E-state index in [1.54, 1.807) is 34.9 Å². The van der Waals surface area contributed by atoms with E-state index < -0.39 is 0 Å². The molecule has 2 heterocycles. The van der Waals surface area contributed by atoms with Crippen LogP contribution in [0.15, 0.2) is 56.7 Å². The lowest BCUT2D eigenvalue weighted by Gasteiger charge is -2.06. The molecule has 2 aromatic heterocycles. The van der Waals surface area contributed by atoms with Crippen LogP contribution in [-0.4, -0.2) is 16.5 Å². The van der Waals surface area contributed by atoms with Crippen LogP contribution >= 0.6 is 34.9 Å². The second-order valence-electron chi connectivity index (χ2n) is 4.41. The summed E-state index contributed by atoms with van der Waals surface area (Å²) in [4.78, 5) is 3.71. The Morgan fingerprint density at radius 1 is 1.19 bits per heavy atom. The van der Waals surface area contributed by atoms with Crippen LogP contribution in [0.5, 0.6) is 0 Å². The number of aromatic nitrogens is 2. The summed E-state index contributed by atoms with van der Waals surface area (Å²) in [5.74, 6) is 0. The molecule has 1 aromatic carbocycles. The number of nitrogens with zero attached hydrogens (tertiary/aromatic N) is 1. The van der Waals surface area contributed by atoms with Crippen molar-refractivity contribution < 1.29 is 0 Å². The predicted molar refractivity (Wildman–Crippen MR) is 92.1 cm³/mol. The minimum atomic E-state index is 0.607. The molecule has 0 radical (unpaired) electrons. The summed E-state index contributed by atoms with van der Waals surface area (Å²) in [6, 6.07) is 10.9. The van der Waals surface area contributed by atoms with Gasteiger partial charge < -0.3 is 5.73 Å². The van der Waals surface area contributed by atoms with Crippen molar-refractivity contribution in [2.24, 2.45) is 5.73 Å². The van der Waals surface area contributed by atoms with E-state index in [9.17, 15) is 0 Å². The summed E-state index contributed by atoms with van der Waals surface area (Å²) in [5, 5.41) is 6.90. The Morgan fingerprint density at radius 2 is 2.05 bits per heavy atom. The smallest absolute Gasteiger partial charge is 0.0649 e. The highest BCUT2D eigenvalue weighted by Gasteiger charge is 2.07. The lowest BCUT2D eigenvalue weighted by molar-refractivity contribution is 1.09. The van der Waals surface area contributed by atoms with Crippen molar-refractivity contribution in [3.8, 4) is 11.1 Å². The fourth-order valence-corrected chi connectivity index (χ4v) is 4.66. The number of hydrogen-bond acceptors (Lipinski definition) is 5. The molecule has 0 saturated heterocycles. The number of rotatable bonds is 5. The molecule has 6 heteroatoms. The standard InChI is InChI=1S/C15H15N3S3/c1-19-13-4-10(11-8-17-18-9-11)5-14(6-13)21-15-3-2-12(7-16)20-15/h2-6,8-9H,7,16H2,1H3,(H,17,18). The zero-order valence-electron chi connectivity index (χ0n) is 11.5. The third-order valence-corrected chi connectivity index (χ3v) is 5.92. The maximum Gasteiger partial charge on any atom is 0.0649 e. The minimum Gasteiger partial charge on any atom is -0.326 e. The second kappa shape index (κ2) is 6.70. The Kier molecular flexibility index (Phi) is 4.70. The van der Waals surface area contributed by atoms with Gasteiger partial charge in [-0.2, -0.15) is 5.10 Å². The van der Waals surface area contributed by atoms with Crippen LogP contribution in [0.2, 0.25) is 0 Å². The van der Waals surface area contributed by atoms with E-state index >= 15 is 0 Å². The zero-order valence-corrected chi connectivity index (χ0v) is 13.9. The number of thioether (sulfide) groups is 1.